The molecule has 0 aromatic heterocycles. The van der Waals surface area contributed by atoms with Crippen LogP contribution in [0.2, 0.25) is 5.02 Å². The smallest absolute Gasteiger partial charge is 0.296 e. The van der Waals surface area contributed by atoms with Gasteiger partial charge in [0.25, 0.3) is 5.91 Å². The molecule has 4 N–H and O–H groups in total. The minimum absolute atomic E-state index is 0.0194. The third-order valence-electron chi connectivity index (χ3n) is 4.05. The number of nitrogens with zero attached hydrogens (tertiary/aromatic N) is 1. The maximum absolute atomic E-state index is 14.5. The summed E-state index contributed by atoms with van der Waals surface area (Å²) in [5.41, 5.74) is 0.468. The van der Waals surface area contributed by atoms with Crippen molar-refractivity contribution in [2.45, 2.75) is 10.8 Å². The van der Waals surface area contributed by atoms with E-state index in [9.17, 15) is 14.6 Å². The Balaban J connectivity index is 1.68. The highest BCUT2D eigenvalue weighted by Gasteiger charge is 2.29. The second kappa shape index (κ2) is 7.92. The number of hydrogen-bond donors (Lipinski definition) is 4. The molecule has 0 fully saturated rings. The summed E-state index contributed by atoms with van der Waals surface area (Å²) < 4.78 is 23.1. The van der Waals surface area contributed by atoms with Crippen molar-refractivity contribution in [2.75, 3.05) is 5.32 Å². The first-order valence-corrected chi connectivity index (χ1v) is 9.68. The van der Waals surface area contributed by atoms with Crippen LogP contribution in [0, 0.1) is 5.82 Å². The zero-order valence-corrected chi connectivity index (χ0v) is 16.3. The van der Waals surface area contributed by atoms with Crippen LogP contribution in [-0.2, 0) is 5.91 Å². The normalized spacial score (nSPS) is 14.7. The fourth-order valence-electron chi connectivity index (χ4n) is 2.66. The van der Waals surface area contributed by atoms with Gasteiger partial charge in [0.1, 0.15) is 11.4 Å². The molecule has 148 valence electrons. The standard InChI is InChI=1S/C20H15ClFN3O3S/c21-13-8-4-5-9-15(13)28-18-14(22)10-11-16-17(18)23-19(25-29-16)24-20(26,27)12-6-2-1-3-7-12/h1-11,26-27H,(H2,23,24,25). The number of halogens is 2. The first-order valence-electron chi connectivity index (χ1n) is 8.49. The van der Waals surface area contributed by atoms with Crippen LogP contribution in [0.1, 0.15) is 5.56 Å². The fourth-order valence-corrected chi connectivity index (χ4v) is 3.52. The van der Waals surface area contributed by atoms with Crippen LogP contribution in [-0.4, -0.2) is 16.2 Å². The second-order valence-electron chi connectivity index (χ2n) is 6.07. The van der Waals surface area contributed by atoms with E-state index >= 15 is 0 Å². The fraction of sp³-hybridized carbons (Fsp3) is 0.0500. The summed E-state index contributed by atoms with van der Waals surface area (Å²) in [6.45, 7) is 0. The van der Waals surface area contributed by atoms with Crippen LogP contribution in [0.4, 0.5) is 10.1 Å². The first kappa shape index (κ1) is 19.5. The molecule has 4 rings (SSSR count). The lowest BCUT2D eigenvalue weighted by molar-refractivity contribution is -0.161. The molecule has 6 nitrogen and oxygen atoms in total. The third kappa shape index (κ3) is 4.15. The number of benzene rings is 3. The quantitative estimate of drug-likeness (QED) is 0.361. The summed E-state index contributed by atoms with van der Waals surface area (Å²) in [6, 6.07) is 17.7. The Morgan fingerprint density at radius 1 is 1.00 bits per heavy atom. The van der Waals surface area contributed by atoms with E-state index in [2.05, 4.69) is 15.0 Å². The van der Waals surface area contributed by atoms with Crippen LogP contribution < -0.4 is 14.8 Å². The number of nitrogens with one attached hydrogen (secondary N) is 2. The number of guanidine groups is 1. The Labute approximate surface area is 175 Å². The number of aliphatic imine (C=N–C) groups is 1. The molecule has 0 bridgehead atoms. The minimum atomic E-state index is -2.48. The van der Waals surface area contributed by atoms with Crippen LogP contribution in [0.15, 0.2) is 76.6 Å². The van der Waals surface area contributed by atoms with Gasteiger partial charge < -0.3 is 20.3 Å². The van der Waals surface area contributed by atoms with E-state index in [-0.39, 0.29) is 28.7 Å². The van der Waals surface area contributed by atoms with Crippen LogP contribution in [0.5, 0.6) is 11.5 Å². The Bertz CT molecular complexity index is 1080. The van der Waals surface area contributed by atoms with Crippen molar-refractivity contribution in [3.05, 3.63) is 83.1 Å². The predicted molar refractivity (Wildman–Crippen MR) is 111 cm³/mol. The van der Waals surface area contributed by atoms with E-state index in [1.54, 1.807) is 48.5 Å². The van der Waals surface area contributed by atoms with Crippen molar-refractivity contribution in [1.82, 2.24) is 4.72 Å². The van der Waals surface area contributed by atoms with Gasteiger partial charge in [-0.15, -0.1) is 0 Å². The van der Waals surface area contributed by atoms with Gasteiger partial charge in [0.15, 0.2) is 11.6 Å². The van der Waals surface area contributed by atoms with E-state index in [1.165, 1.54) is 18.2 Å². The lowest BCUT2D eigenvalue weighted by atomic mass is 10.2. The number of para-hydroxylation sites is 1. The van der Waals surface area contributed by atoms with Gasteiger partial charge in [0, 0.05) is 5.56 Å². The molecule has 0 spiro atoms. The molecule has 9 heteroatoms. The number of rotatable bonds is 4. The monoisotopic (exact) mass is 431 g/mol. The van der Waals surface area contributed by atoms with Crippen LogP contribution in [0.25, 0.3) is 0 Å². The Hall–Kier alpha value is -2.78. The molecule has 0 aliphatic carbocycles. The van der Waals surface area contributed by atoms with Crippen molar-refractivity contribution >= 4 is 35.2 Å². The Kier molecular flexibility index (Phi) is 5.33. The number of anilines is 1. The average Bonchev–Trinajstić information content (AvgIpc) is 2.72. The molecule has 1 aliphatic heterocycles. The molecule has 3 aromatic rings. The lowest BCUT2D eigenvalue weighted by Crippen LogP contribution is -2.34. The van der Waals surface area contributed by atoms with Crippen molar-refractivity contribution < 1.29 is 19.3 Å². The van der Waals surface area contributed by atoms with E-state index in [4.69, 9.17) is 16.3 Å². The van der Waals surface area contributed by atoms with E-state index < -0.39 is 11.7 Å². The molecule has 0 atom stereocenters. The summed E-state index contributed by atoms with van der Waals surface area (Å²) in [7, 11) is 0. The summed E-state index contributed by atoms with van der Waals surface area (Å²) >= 11 is 7.24. The van der Waals surface area contributed by atoms with Crippen molar-refractivity contribution in [3.63, 3.8) is 0 Å². The van der Waals surface area contributed by atoms with Crippen molar-refractivity contribution in [2.24, 2.45) is 4.99 Å². The third-order valence-corrected chi connectivity index (χ3v) is 5.22. The molecular formula is C20H15ClFN3O3S. The molecule has 1 heterocycles. The van der Waals surface area contributed by atoms with E-state index in [0.717, 1.165) is 11.9 Å². The molecule has 1 aliphatic rings. The highest BCUT2D eigenvalue weighted by molar-refractivity contribution is 7.98. The first-order chi connectivity index (χ1) is 13.9. The summed E-state index contributed by atoms with van der Waals surface area (Å²) in [5.74, 6) is -2.87. The molecule has 29 heavy (non-hydrogen) atoms. The molecular weight excluding hydrogens is 417 g/mol. The zero-order valence-electron chi connectivity index (χ0n) is 14.8. The molecule has 0 amide bonds. The zero-order chi connectivity index (χ0) is 20.4. The largest absolute Gasteiger partial charge is 0.450 e. The molecule has 0 saturated carbocycles. The Morgan fingerprint density at radius 2 is 1.72 bits per heavy atom. The van der Waals surface area contributed by atoms with Gasteiger partial charge in [0.2, 0.25) is 5.96 Å². The van der Waals surface area contributed by atoms with Gasteiger partial charge >= 0.3 is 0 Å². The van der Waals surface area contributed by atoms with E-state index in [0.29, 0.717) is 9.92 Å². The van der Waals surface area contributed by atoms with Gasteiger partial charge in [-0.2, -0.15) is 4.99 Å². The lowest BCUT2D eigenvalue weighted by Gasteiger charge is -2.25. The van der Waals surface area contributed by atoms with Crippen LogP contribution >= 0.6 is 23.5 Å². The van der Waals surface area contributed by atoms with Crippen molar-refractivity contribution in [3.8, 4) is 11.5 Å². The highest BCUT2D eigenvalue weighted by atomic mass is 35.5. The van der Waals surface area contributed by atoms with Gasteiger partial charge in [-0.3, -0.25) is 4.72 Å². The second-order valence-corrected chi connectivity index (χ2v) is 7.33. The topological polar surface area (TPSA) is 86.1 Å². The van der Waals surface area contributed by atoms with Gasteiger partial charge in [-0.05, 0) is 36.2 Å². The summed E-state index contributed by atoms with van der Waals surface area (Å²) in [4.78, 5) is 4.55. The molecule has 0 radical (unpaired) electrons. The van der Waals surface area contributed by atoms with Gasteiger partial charge in [0.05, 0.1) is 9.92 Å². The minimum Gasteiger partial charge on any atom is -0.450 e. The number of aliphatic hydroxyl groups is 2. The summed E-state index contributed by atoms with van der Waals surface area (Å²) in [6.07, 6.45) is 0. The SMILES string of the molecule is OC(O)(/N=C1\NSc2ccc(F)c(Oc3ccccc3Cl)c2N1)c1ccccc1. The molecule has 3 aromatic carbocycles. The van der Waals surface area contributed by atoms with Gasteiger partial charge in [-0.25, -0.2) is 4.39 Å². The number of hydrogen-bond acceptors (Lipinski definition) is 5. The predicted octanol–water partition coefficient (Wildman–Crippen LogP) is 4.44. The maximum Gasteiger partial charge on any atom is 0.296 e. The highest BCUT2D eigenvalue weighted by Crippen LogP contribution is 2.42. The van der Waals surface area contributed by atoms with Crippen molar-refractivity contribution in [1.29, 1.82) is 0 Å². The summed E-state index contributed by atoms with van der Waals surface area (Å²) in [5, 5.41) is 23.9. The molecule has 0 saturated heterocycles. The van der Waals surface area contributed by atoms with E-state index in [1.807, 2.05) is 0 Å². The molecule has 0 unspecified atom stereocenters. The Morgan fingerprint density at radius 3 is 2.48 bits per heavy atom. The van der Waals surface area contributed by atoms with Gasteiger partial charge in [-0.1, -0.05) is 54.1 Å². The maximum atomic E-state index is 14.5. The average molecular weight is 432 g/mol. The number of ether oxygens (including phenoxy) is 1. The van der Waals surface area contributed by atoms with Crippen LogP contribution in [0.3, 0.4) is 0 Å². The number of fused-ring (bicyclic) bond motifs is 1.